The van der Waals surface area contributed by atoms with Crippen molar-refractivity contribution < 1.29 is 13.2 Å². The summed E-state index contributed by atoms with van der Waals surface area (Å²) in [7, 11) is -1.90. The zero-order valence-electron chi connectivity index (χ0n) is 11.8. The fourth-order valence-corrected chi connectivity index (χ4v) is 4.22. The molecule has 1 fully saturated rings. The van der Waals surface area contributed by atoms with Crippen molar-refractivity contribution in [2.75, 3.05) is 26.7 Å². The minimum atomic E-state index is -3.43. The average molecular weight is 298 g/mol. The smallest absolute Gasteiger partial charge is 0.243 e. The molecule has 2 N–H and O–H groups in total. The van der Waals surface area contributed by atoms with Gasteiger partial charge in [-0.2, -0.15) is 4.31 Å². The molecule has 1 heterocycles. The Bertz CT molecular complexity index is 543. The highest BCUT2D eigenvalue weighted by molar-refractivity contribution is 7.89. The second-order valence-corrected chi connectivity index (χ2v) is 7.07. The van der Waals surface area contributed by atoms with Gasteiger partial charge < -0.3 is 10.5 Å². The summed E-state index contributed by atoms with van der Waals surface area (Å²) < 4.78 is 32.0. The van der Waals surface area contributed by atoms with Gasteiger partial charge in [0.25, 0.3) is 0 Å². The molecule has 1 saturated heterocycles. The summed E-state index contributed by atoms with van der Waals surface area (Å²) in [4.78, 5) is 0.297. The van der Waals surface area contributed by atoms with Crippen LogP contribution in [-0.2, 0) is 10.0 Å². The zero-order chi connectivity index (χ0) is 14.6. The molecule has 0 bridgehead atoms. The Kier molecular flexibility index (Phi) is 5.01. The van der Waals surface area contributed by atoms with Crippen LogP contribution in [-0.4, -0.2) is 39.5 Å². The summed E-state index contributed by atoms with van der Waals surface area (Å²) in [5.74, 6) is 0.927. The van der Waals surface area contributed by atoms with E-state index >= 15 is 0 Å². The van der Waals surface area contributed by atoms with Gasteiger partial charge in [-0.15, -0.1) is 0 Å². The molecule has 1 aromatic rings. The van der Waals surface area contributed by atoms with E-state index in [9.17, 15) is 8.42 Å². The quantitative estimate of drug-likeness (QED) is 0.893. The maximum absolute atomic E-state index is 12.6. The summed E-state index contributed by atoms with van der Waals surface area (Å²) in [6.07, 6.45) is 2.83. The van der Waals surface area contributed by atoms with Crippen LogP contribution in [0.1, 0.15) is 19.3 Å². The third-order valence-electron chi connectivity index (χ3n) is 3.74. The molecule has 0 spiro atoms. The lowest BCUT2D eigenvalue weighted by Gasteiger charge is -2.31. The fraction of sp³-hybridized carbons (Fsp3) is 0.571. The predicted octanol–water partition coefficient (Wildman–Crippen LogP) is 1.44. The third kappa shape index (κ3) is 3.31. The van der Waals surface area contributed by atoms with E-state index in [4.69, 9.17) is 10.5 Å². The normalized spacial score (nSPS) is 20.8. The van der Waals surface area contributed by atoms with E-state index in [0.29, 0.717) is 36.2 Å². The van der Waals surface area contributed by atoms with Gasteiger partial charge in [0.05, 0.1) is 12.0 Å². The molecule has 5 nitrogen and oxygen atoms in total. The van der Waals surface area contributed by atoms with Gasteiger partial charge in [0.15, 0.2) is 0 Å². The maximum Gasteiger partial charge on any atom is 0.243 e. The lowest BCUT2D eigenvalue weighted by atomic mass is 9.96. The Labute approximate surface area is 120 Å². The molecule has 0 saturated carbocycles. The van der Waals surface area contributed by atoms with Crippen LogP contribution in [0.4, 0.5) is 0 Å². The minimum Gasteiger partial charge on any atom is -0.497 e. The van der Waals surface area contributed by atoms with Crippen LogP contribution in [0, 0.1) is 5.92 Å². The van der Waals surface area contributed by atoms with Crippen molar-refractivity contribution >= 4 is 10.0 Å². The molecule has 112 valence electrons. The van der Waals surface area contributed by atoms with Crippen LogP contribution < -0.4 is 10.5 Å². The lowest BCUT2D eigenvalue weighted by Crippen LogP contribution is -2.40. The fourth-order valence-electron chi connectivity index (χ4n) is 2.63. The van der Waals surface area contributed by atoms with E-state index in [0.717, 1.165) is 19.3 Å². The van der Waals surface area contributed by atoms with Gasteiger partial charge >= 0.3 is 0 Å². The van der Waals surface area contributed by atoms with Crippen LogP contribution in [0.25, 0.3) is 0 Å². The molecule has 2 rings (SSSR count). The van der Waals surface area contributed by atoms with Gasteiger partial charge in [-0.05, 0) is 43.9 Å². The molecule has 0 aromatic heterocycles. The molecule has 1 aromatic carbocycles. The van der Waals surface area contributed by atoms with Crippen molar-refractivity contribution in [1.29, 1.82) is 0 Å². The second-order valence-electron chi connectivity index (χ2n) is 5.13. The second kappa shape index (κ2) is 6.56. The molecule has 1 unspecified atom stereocenters. The molecule has 20 heavy (non-hydrogen) atoms. The largest absolute Gasteiger partial charge is 0.497 e. The summed E-state index contributed by atoms with van der Waals surface area (Å²) in [5, 5.41) is 0. The summed E-state index contributed by atoms with van der Waals surface area (Å²) in [6.45, 7) is 1.76. The van der Waals surface area contributed by atoms with E-state index in [1.54, 1.807) is 28.6 Å². The first-order chi connectivity index (χ1) is 9.57. The van der Waals surface area contributed by atoms with Gasteiger partial charge in [-0.25, -0.2) is 8.42 Å². The summed E-state index contributed by atoms with van der Waals surface area (Å²) in [5.41, 5.74) is 5.58. The number of sulfonamides is 1. The van der Waals surface area contributed by atoms with Gasteiger partial charge in [0, 0.05) is 19.2 Å². The van der Waals surface area contributed by atoms with Gasteiger partial charge in [-0.3, -0.25) is 0 Å². The molecule has 1 atom stereocenters. The van der Waals surface area contributed by atoms with Crippen molar-refractivity contribution in [2.24, 2.45) is 11.7 Å². The lowest BCUT2D eigenvalue weighted by molar-refractivity contribution is 0.258. The number of nitrogens with two attached hydrogens (primary N) is 1. The topological polar surface area (TPSA) is 72.6 Å². The molecule has 0 radical (unpaired) electrons. The Morgan fingerprint density at radius 3 is 2.95 bits per heavy atom. The molecule has 0 aliphatic carbocycles. The first-order valence-electron chi connectivity index (χ1n) is 6.92. The number of benzene rings is 1. The number of piperidine rings is 1. The SMILES string of the molecule is COc1cccc(S(=O)(=O)N2CCCC(CCN)C2)c1. The molecular weight excluding hydrogens is 276 g/mol. The van der Waals surface area contributed by atoms with Gasteiger partial charge in [0.2, 0.25) is 10.0 Å². The number of ether oxygens (including phenoxy) is 1. The van der Waals surface area contributed by atoms with E-state index in [1.807, 2.05) is 0 Å². The number of hydrogen-bond donors (Lipinski definition) is 1. The predicted molar refractivity (Wildman–Crippen MR) is 78.1 cm³/mol. The Hall–Kier alpha value is -1.11. The maximum atomic E-state index is 12.6. The van der Waals surface area contributed by atoms with E-state index < -0.39 is 10.0 Å². The number of rotatable bonds is 5. The number of nitrogens with zero attached hydrogens (tertiary/aromatic N) is 1. The molecular formula is C14H22N2O3S. The minimum absolute atomic E-state index is 0.297. The summed E-state index contributed by atoms with van der Waals surface area (Å²) in [6, 6.07) is 6.63. The monoisotopic (exact) mass is 298 g/mol. The van der Waals surface area contributed by atoms with Crippen LogP contribution in [0.5, 0.6) is 5.75 Å². The Morgan fingerprint density at radius 1 is 1.45 bits per heavy atom. The van der Waals surface area contributed by atoms with Crippen molar-refractivity contribution in [1.82, 2.24) is 4.31 Å². The van der Waals surface area contributed by atoms with Gasteiger partial charge in [-0.1, -0.05) is 6.07 Å². The van der Waals surface area contributed by atoms with Crippen molar-refractivity contribution in [3.05, 3.63) is 24.3 Å². The molecule has 1 aliphatic rings. The van der Waals surface area contributed by atoms with E-state index in [2.05, 4.69) is 0 Å². The Balaban J connectivity index is 2.20. The Morgan fingerprint density at radius 2 is 2.25 bits per heavy atom. The van der Waals surface area contributed by atoms with E-state index in [1.165, 1.54) is 7.11 Å². The van der Waals surface area contributed by atoms with Crippen molar-refractivity contribution in [3.63, 3.8) is 0 Å². The third-order valence-corrected chi connectivity index (χ3v) is 5.60. The highest BCUT2D eigenvalue weighted by atomic mass is 32.2. The number of hydrogen-bond acceptors (Lipinski definition) is 4. The zero-order valence-corrected chi connectivity index (χ0v) is 12.6. The standard InChI is InChI=1S/C14H22N2O3S/c1-19-13-5-2-6-14(10-13)20(17,18)16-9-3-4-12(11-16)7-8-15/h2,5-6,10,12H,3-4,7-9,11,15H2,1H3. The van der Waals surface area contributed by atoms with Crippen LogP contribution in [0.2, 0.25) is 0 Å². The van der Waals surface area contributed by atoms with E-state index in [-0.39, 0.29) is 0 Å². The van der Waals surface area contributed by atoms with Crippen LogP contribution in [0.3, 0.4) is 0 Å². The first kappa shape index (κ1) is 15.3. The highest BCUT2D eigenvalue weighted by Gasteiger charge is 2.30. The molecule has 6 heteroatoms. The number of methoxy groups -OCH3 is 1. The molecule has 1 aliphatic heterocycles. The highest BCUT2D eigenvalue weighted by Crippen LogP contribution is 2.26. The van der Waals surface area contributed by atoms with Crippen LogP contribution in [0.15, 0.2) is 29.2 Å². The summed E-state index contributed by atoms with van der Waals surface area (Å²) >= 11 is 0. The van der Waals surface area contributed by atoms with Crippen molar-refractivity contribution in [2.45, 2.75) is 24.2 Å². The average Bonchev–Trinajstić information content (AvgIpc) is 2.48. The van der Waals surface area contributed by atoms with Crippen molar-refractivity contribution in [3.8, 4) is 5.75 Å². The van der Waals surface area contributed by atoms with Gasteiger partial charge in [0.1, 0.15) is 5.75 Å². The van der Waals surface area contributed by atoms with Crippen LogP contribution >= 0.6 is 0 Å². The molecule has 0 amide bonds. The first-order valence-corrected chi connectivity index (χ1v) is 8.36.